The average molecular weight is 310 g/mol. The Labute approximate surface area is 139 Å². The van der Waals surface area contributed by atoms with Crippen molar-refractivity contribution in [3.63, 3.8) is 0 Å². The topological polar surface area (TPSA) is 32.3 Å². The molecule has 0 fully saturated rings. The SMILES string of the molecule is CCCc1ccc(C(=O)NCCc2ccc(N(C)C)cc2)cc1. The second-order valence-electron chi connectivity index (χ2n) is 6.01. The summed E-state index contributed by atoms with van der Waals surface area (Å²) in [5.41, 5.74) is 4.43. The van der Waals surface area contributed by atoms with Gasteiger partial charge in [0.1, 0.15) is 0 Å². The first kappa shape index (κ1) is 17.1. The van der Waals surface area contributed by atoms with Gasteiger partial charge in [0.25, 0.3) is 5.91 Å². The molecular formula is C20H26N2O. The minimum Gasteiger partial charge on any atom is -0.378 e. The molecule has 0 radical (unpaired) electrons. The summed E-state index contributed by atoms with van der Waals surface area (Å²) < 4.78 is 0. The van der Waals surface area contributed by atoms with Gasteiger partial charge in [0, 0.05) is 31.9 Å². The number of nitrogens with zero attached hydrogens (tertiary/aromatic N) is 1. The van der Waals surface area contributed by atoms with Crippen LogP contribution in [0.15, 0.2) is 48.5 Å². The smallest absolute Gasteiger partial charge is 0.251 e. The molecule has 0 atom stereocenters. The monoisotopic (exact) mass is 310 g/mol. The van der Waals surface area contributed by atoms with Gasteiger partial charge in [0.05, 0.1) is 0 Å². The molecule has 1 N–H and O–H groups in total. The predicted molar refractivity (Wildman–Crippen MR) is 97.2 cm³/mol. The molecule has 0 bridgehead atoms. The number of aryl methyl sites for hydroxylation is 1. The molecule has 0 aliphatic carbocycles. The number of amides is 1. The highest BCUT2D eigenvalue weighted by Gasteiger charge is 2.05. The van der Waals surface area contributed by atoms with Gasteiger partial charge in [-0.2, -0.15) is 0 Å². The Bertz CT molecular complexity index is 615. The van der Waals surface area contributed by atoms with Crippen molar-refractivity contribution >= 4 is 11.6 Å². The van der Waals surface area contributed by atoms with Crippen molar-refractivity contribution in [2.45, 2.75) is 26.2 Å². The van der Waals surface area contributed by atoms with Crippen LogP contribution < -0.4 is 10.2 Å². The predicted octanol–water partition coefficient (Wildman–Crippen LogP) is 3.68. The minimum atomic E-state index is -0.00189. The van der Waals surface area contributed by atoms with E-state index in [2.05, 4.69) is 41.4 Å². The summed E-state index contributed by atoms with van der Waals surface area (Å²) in [5.74, 6) is -0.00189. The number of hydrogen-bond acceptors (Lipinski definition) is 2. The van der Waals surface area contributed by atoms with Gasteiger partial charge < -0.3 is 10.2 Å². The summed E-state index contributed by atoms with van der Waals surface area (Å²) in [5, 5.41) is 2.99. The Morgan fingerprint density at radius 3 is 2.04 bits per heavy atom. The highest BCUT2D eigenvalue weighted by Crippen LogP contribution is 2.12. The lowest BCUT2D eigenvalue weighted by molar-refractivity contribution is 0.0954. The number of rotatable bonds is 7. The summed E-state index contributed by atoms with van der Waals surface area (Å²) in [6.45, 7) is 2.81. The fourth-order valence-corrected chi connectivity index (χ4v) is 2.49. The lowest BCUT2D eigenvalue weighted by Gasteiger charge is -2.12. The summed E-state index contributed by atoms with van der Waals surface area (Å²) in [4.78, 5) is 14.2. The maximum absolute atomic E-state index is 12.1. The van der Waals surface area contributed by atoms with Crippen molar-refractivity contribution in [3.05, 3.63) is 65.2 Å². The van der Waals surface area contributed by atoms with Gasteiger partial charge in [-0.3, -0.25) is 4.79 Å². The second-order valence-corrected chi connectivity index (χ2v) is 6.01. The van der Waals surface area contributed by atoms with Gasteiger partial charge in [-0.15, -0.1) is 0 Å². The molecule has 2 rings (SSSR count). The van der Waals surface area contributed by atoms with Crippen molar-refractivity contribution in [3.8, 4) is 0 Å². The molecule has 23 heavy (non-hydrogen) atoms. The minimum absolute atomic E-state index is 0.00189. The molecule has 3 nitrogen and oxygen atoms in total. The normalized spacial score (nSPS) is 10.4. The van der Waals surface area contributed by atoms with Gasteiger partial charge in [0.15, 0.2) is 0 Å². The Kier molecular flexibility index (Phi) is 6.21. The summed E-state index contributed by atoms with van der Waals surface area (Å²) in [6, 6.07) is 16.3. The van der Waals surface area contributed by atoms with Crippen LogP contribution in [0, 0.1) is 0 Å². The zero-order valence-corrected chi connectivity index (χ0v) is 14.3. The first-order valence-corrected chi connectivity index (χ1v) is 8.23. The quantitative estimate of drug-likeness (QED) is 0.846. The number of nitrogens with one attached hydrogen (secondary N) is 1. The van der Waals surface area contributed by atoms with Crippen molar-refractivity contribution in [1.29, 1.82) is 0 Å². The Hall–Kier alpha value is -2.29. The van der Waals surface area contributed by atoms with Crippen LogP contribution in [0.1, 0.15) is 34.8 Å². The molecule has 3 heteroatoms. The Morgan fingerprint density at radius 2 is 1.48 bits per heavy atom. The molecule has 1 amide bonds. The molecule has 2 aromatic rings. The number of hydrogen-bond donors (Lipinski definition) is 1. The molecular weight excluding hydrogens is 284 g/mol. The van der Waals surface area contributed by atoms with Gasteiger partial charge in [-0.1, -0.05) is 37.6 Å². The maximum atomic E-state index is 12.1. The van der Waals surface area contributed by atoms with Crippen LogP contribution in [-0.4, -0.2) is 26.5 Å². The van der Waals surface area contributed by atoms with Crippen LogP contribution in [0.25, 0.3) is 0 Å². The first-order chi connectivity index (χ1) is 11.1. The lowest BCUT2D eigenvalue weighted by Crippen LogP contribution is -2.25. The molecule has 0 aliphatic heterocycles. The second kappa shape index (κ2) is 8.37. The van der Waals surface area contributed by atoms with Crippen molar-refractivity contribution < 1.29 is 4.79 Å². The van der Waals surface area contributed by atoms with Gasteiger partial charge in [-0.25, -0.2) is 0 Å². The van der Waals surface area contributed by atoms with E-state index < -0.39 is 0 Å². The standard InChI is InChI=1S/C20H26N2O/c1-4-5-16-6-10-18(11-7-16)20(23)21-15-14-17-8-12-19(13-9-17)22(2)3/h6-13H,4-5,14-15H2,1-3H3,(H,21,23). The lowest BCUT2D eigenvalue weighted by atomic mass is 10.1. The van der Waals surface area contributed by atoms with E-state index >= 15 is 0 Å². The number of carbonyl (C=O) groups is 1. The third kappa shape index (κ3) is 5.13. The van der Waals surface area contributed by atoms with E-state index in [1.807, 2.05) is 38.4 Å². The van der Waals surface area contributed by atoms with E-state index in [0.717, 1.165) is 24.8 Å². The van der Waals surface area contributed by atoms with Gasteiger partial charge in [-0.05, 0) is 48.2 Å². The zero-order valence-electron chi connectivity index (χ0n) is 14.3. The third-order valence-corrected chi connectivity index (χ3v) is 3.91. The van der Waals surface area contributed by atoms with E-state index in [0.29, 0.717) is 6.54 Å². The van der Waals surface area contributed by atoms with E-state index in [-0.39, 0.29) is 5.91 Å². The van der Waals surface area contributed by atoms with Crippen LogP contribution in [0.4, 0.5) is 5.69 Å². The molecule has 0 heterocycles. The summed E-state index contributed by atoms with van der Waals surface area (Å²) in [7, 11) is 4.06. The molecule has 0 spiro atoms. The molecule has 0 saturated heterocycles. The summed E-state index contributed by atoms with van der Waals surface area (Å²) in [6.07, 6.45) is 3.02. The first-order valence-electron chi connectivity index (χ1n) is 8.23. The molecule has 0 unspecified atom stereocenters. The average Bonchev–Trinajstić information content (AvgIpc) is 2.56. The molecule has 2 aromatic carbocycles. The fourth-order valence-electron chi connectivity index (χ4n) is 2.49. The maximum Gasteiger partial charge on any atom is 0.251 e. The van der Waals surface area contributed by atoms with Crippen LogP contribution in [-0.2, 0) is 12.8 Å². The third-order valence-electron chi connectivity index (χ3n) is 3.91. The number of anilines is 1. The zero-order chi connectivity index (χ0) is 16.7. The Balaban J connectivity index is 1.82. The van der Waals surface area contributed by atoms with Crippen LogP contribution in [0.5, 0.6) is 0 Å². The highest BCUT2D eigenvalue weighted by molar-refractivity contribution is 5.94. The molecule has 0 aromatic heterocycles. The van der Waals surface area contributed by atoms with E-state index in [4.69, 9.17) is 0 Å². The van der Waals surface area contributed by atoms with Gasteiger partial charge in [0.2, 0.25) is 0 Å². The largest absolute Gasteiger partial charge is 0.378 e. The molecule has 0 aliphatic rings. The highest BCUT2D eigenvalue weighted by atomic mass is 16.1. The van der Waals surface area contributed by atoms with Crippen molar-refractivity contribution in [2.24, 2.45) is 0 Å². The van der Waals surface area contributed by atoms with Gasteiger partial charge >= 0.3 is 0 Å². The van der Waals surface area contributed by atoms with E-state index in [1.165, 1.54) is 16.8 Å². The molecule has 122 valence electrons. The number of benzene rings is 2. The Morgan fingerprint density at radius 1 is 0.913 bits per heavy atom. The van der Waals surface area contributed by atoms with Crippen LogP contribution >= 0.6 is 0 Å². The number of carbonyl (C=O) groups excluding carboxylic acids is 1. The van der Waals surface area contributed by atoms with E-state index in [1.54, 1.807) is 0 Å². The van der Waals surface area contributed by atoms with Crippen molar-refractivity contribution in [2.75, 3.05) is 25.5 Å². The molecule has 0 saturated carbocycles. The summed E-state index contributed by atoms with van der Waals surface area (Å²) >= 11 is 0. The van der Waals surface area contributed by atoms with Crippen LogP contribution in [0.3, 0.4) is 0 Å². The van der Waals surface area contributed by atoms with E-state index in [9.17, 15) is 4.79 Å². The fraction of sp³-hybridized carbons (Fsp3) is 0.350. The van der Waals surface area contributed by atoms with Crippen molar-refractivity contribution in [1.82, 2.24) is 5.32 Å². The van der Waals surface area contributed by atoms with Crippen LogP contribution in [0.2, 0.25) is 0 Å².